The molecule has 0 amide bonds. The van der Waals surface area contributed by atoms with Crippen molar-refractivity contribution in [1.29, 1.82) is 5.41 Å². The highest BCUT2D eigenvalue weighted by atomic mass is 28.3. The fourth-order valence-electron chi connectivity index (χ4n) is 3.75. The largest absolute Gasteiger partial charge is 0.493 e. The average Bonchev–Trinajstić information content (AvgIpc) is 2.78. The highest BCUT2D eigenvalue weighted by molar-refractivity contribution is 6.70. The molecular formula is C25H31N3O2Si. The third kappa shape index (κ3) is 4.69. The van der Waals surface area contributed by atoms with Crippen LogP contribution >= 0.6 is 0 Å². The Morgan fingerprint density at radius 1 is 1.16 bits per heavy atom. The van der Waals surface area contributed by atoms with Gasteiger partial charge in [0.05, 0.1) is 21.3 Å². The molecule has 0 fully saturated rings. The molecule has 2 aromatic carbocycles. The third-order valence-corrected chi connectivity index (χ3v) is 7.20. The van der Waals surface area contributed by atoms with Crippen molar-refractivity contribution in [1.82, 2.24) is 4.57 Å². The number of hydrogen-bond acceptors (Lipinski definition) is 4. The number of aliphatic imine (C=N–C) groups is 1. The molecule has 1 atom stereocenters. The lowest BCUT2D eigenvalue weighted by molar-refractivity contribution is 0.319. The van der Waals surface area contributed by atoms with Crippen molar-refractivity contribution in [2.45, 2.75) is 32.4 Å². The fourth-order valence-corrected chi connectivity index (χ4v) is 4.73. The molecule has 1 N–H and O–H groups in total. The summed E-state index contributed by atoms with van der Waals surface area (Å²) in [6.45, 7) is 7.35. The first-order valence-corrected chi connectivity index (χ1v) is 13.6. The van der Waals surface area contributed by atoms with E-state index < -0.39 is 8.80 Å². The predicted molar refractivity (Wildman–Crippen MR) is 135 cm³/mol. The van der Waals surface area contributed by atoms with Crippen LogP contribution in [0.4, 0.5) is 0 Å². The predicted octanol–water partition coefficient (Wildman–Crippen LogP) is 4.12. The zero-order chi connectivity index (χ0) is 22.5. The van der Waals surface area contributed by atoms with Crippen LogP contribution in [0, 0.1) is 5.41 Å². The van der Waals surface area contributed by atoms with Gasteiger partial charge in [-0.1, -0.05) is 43.4 Å². The average molecular weight is 434 g/mol. The van der Waals surface area contributed by atoms with Crippen LogP contribution < -0.4 is 15.5 Å². The van der Waals surface area contributed by atoms with Gasteiger partial charge in [-0.2, -0.15) is 0 Å². The van der Waals surface area contributed by atoms with E-state index in [0.29, 0.717) is 12.0 Å². The lowest BCUT2D eigenvalue weighted by Gasteiger charge is -2.18. The molecule has 162 valence electrons. The molecule has 0 saturated heterocycles. The maximum absolute atomic E-state index is 12.9. The number of fused-ring (bicyclic) bond motifs is 1. The molecule has 1 aromatic heterocycles. The van der Waals surface area contributed by atoms with Gasteiger partial charge in [-0.3, -0.25) is 9.79 Å². The van der Waals surface area contributed by atoms with Gasteiger partial charge in [0.25, 0.3) is 5.56 Å². The van der Waals surface area contributed by atoms with Crippen molar-refractivity contribution in [3.8, 4) is 16.9 Å². The monoisotopic (exact) mass is 433 g/mol. The maximum atomic E-state index is 12.9. The molecule has 0 saturated carbocycles. The number of benzene rings is 2. The van der Waals surface area contributed by atoms with Crippen LogP contribution in [0.15, 0.2) is 52.4 Å². The highest BCUT2D eigenvalue weighted by Crippen LogP contribution is 2.35. The summed E-state index contributed by atoms with van der Waals surface area (Å²) in [5.74, 6) is 0.612. The Balaban J connectivity index is 2.35. The number of pyridine rings is 1. The number of rotatable bonds is 8. The van der Waals surface area contributed by atoms with E-state index in [9.17, 15) is 4.79 Å². The van der Waals surface area contributed by atoms with Crippen LogP contribution in [0.3, 0.4) is 0 Å². The second-order valence-electron chi connectivity index (χ2n) is 8.12. The number of aryl methyl sites for hydroxylation is 1. The Labute approximate surface area is 185 Å². The van der Waals surface area contributed by atoms with E-state index in [1.807, 2.05) is 24.4 Å². The van der Waals surface area contributed by atoms with E-state index in [4.69, 9.17) is 10.1 Å². The number of nitrogens with zero attached hydrogens (tertiary/aromatic N) is 2. The summed E-state index contributed by atoms with van der Waals surface area (Å²) >= 11 is 0. The quantitative estimate of drug-likeness (QED) is 0.429. The minimum absolute atomic E-state index is 0.0359. The Morgan fingerprint density at radius 3 is 2.58 bits per heavy atom. The molecule has 0 aliphatic rings. The molecule has 6 heteroatoms. The molecule has 31 heavy (non-hydrogen) atoms. The maximum Gasteiger partial charge on any atom is 0.258 e. The van der Waals surface area contributed by atoms with Gasteiger partial charge in [0.1, 0.15) is 5.75 Å². The molecule has 0 aliphatic carbocycles. The summed E-state index contributed by atoms with van der Waals surface area (Å²) in [6, 6.07) is 12.3. The summed E-state index contributed by atoms with van der Waals surface area (Å²) in [5, 5.41) is 10.7. The minimum Gasteiger partial charge on any atom is -0.493 e. The summed E-state index contributed by atoms with van der Waals surface area (Å²) < 4.78 is 7.74. The molecule has 0 spiro atoms. The zero-order valence-corrected chi connectivity index (χ0v) is 20.1. The van der Waals surface area contributed by atoms with Gasteiger partial charge in [0.2, 0.25) is 0 Å². The number of ether oxygens (including phenoxy) is 1. The lowest BCUT2D eigenvalue weighted by Crippen LogP contribution is -2.23. The molecule has 3 rings (SSSR count). The van der Waals surface area contributed by atoms with Gasteiger partial charge >= 0.3 is 0 Å². The van der Waals surface area contributed by atoms with Crippen molar-refractivity contribution in [2.75, 3.05) is 13.7 Å². The number of aromatic nitrogens is 1. The van der Waals surface area contributed by atoms with Crippen molar-refractivity contribution in [3.05, 3.63) is 58.5 Å². The standard InChI is InChI=1S/C25H31N3O2Si/c1-6-11-30-24-10-8-19(31(4)5)13-22(24)23-16-28(3)25(29)20-9-7-17(12-21(20)23)18(14-26)15-27-2/h7-10,12-16,18,26,31H,6,11H2,1-5H3. The third-order valence-electron chi connectivity index (χ3n) is 5.50. The van der Waals surface area contributed by atoms with Gasteiger partial charge < -0.3 is 14.7 Å². The van der Waals surface area contributed by atoms with E-state index in [1.165, 1.54) is 11.4 Å². The van der Waals surface area contributed by atoms with Crippen LogP contribution in [0.25, 0.3) is 21.9 Å². The van der Waals surface area contributed by atoms with Gasteiger partial charge in [-0.05, 0) is 35.6 Å². The van der Waals surface area contributed by atoms with Crippen LogP contribution in [0.5, 0.6) is 5.75 Å². The minimum atomic E-state index is -1.02. The summed E-state index contributed by atoms with van der Waals surface area (Å²) in [7, 11) is 2.47. The second kappa shape index (κ2) is 9.88. The van der Waals surface area contributed by atoms with Crippen molar-refractivity contribution >= 4 is 37.2 Å². The lowest BCUT2D eigenvalue weighted by atomic mass is 9.94. The Bertz CT molecular complexity index is 1180. The normalized spacial score (nSPS) is 12.6. The van der Waals surface area contributed by atoms with E-state index in [-0.39, 0.29) is 11.5 Å². The molecule has 5 nitrogen and oxygen atoms in total. The fraction of sp³-hybridized carbons (Fsp3) is 0.320. The Kier molecular flexibility index (Phi) is 7.23. The summed E-state index contributed by atoms with van der Waals surface area (Å²) in [6.07, 6.45) is 5.95. The van der Waals surface area contributed by atoms with E-state index in [2.05, 4.69) is 43.2 Å². The van der Waals surface area contributed by atoms with E-state index in [1.54, 1.807) is 24.9 Å². The molecule has 0 radical (unpaired) electrons. The first-order chi connectivity index (χ1) is 14.9. The van der Waals surface area contributed by atoms with Crippen molar-refractivity contribution < 1.29 is 4.74 Å². The van der Waals surface area contributed by atoms with Gasteiger partial charge in [0, 0.05) is 49.2 Å². The molecule has 0 bridgehead atoms. The van der Waals surface area contributed by atoms with E-state index in [0.717, 1.165) is 34.2 Å². The summed E-state index contributed by atoms with van der Waals surface area (Å²) in [5.41, 5.74) is 2.89. The topological polar surface area (TPSA) is 67.4 Å². The molecule has 3 aromatic rings. The molecule has 0 aliphatic heterocycles. The zero-order valence-electron chi connectivity index (χ0n) is 19.0. The van der Waals surface area contributed by atoms with Crippen molar-refractivity contribution in [3.63, 3.8) is 0 Å². The molecular weight excluding hydrogens is 402 g/mol. The van der Waals surface area contributed by atoms with Gasteiger partial charge in [0.15, 0.2) is 0 Å². The highest BCUT2D eigenvalue weighted by Gasteiger charge is 2.17. The number of nitrogens with one attached hydrogen (secondary N) is 1. The first kappa shape index (κ1) is 22.7. The van der Waals surface area contributed by atoms with Gasteiger partial charge in [-0.25, -0.2) is 0 Å². The molecule has 1 unspecified atom stereocenters. The second-order valence-corrected chi connectivity index (χ2v) is 11.1. The SMILES string of the molecule is CCCOc1ccc([SiH](C)C)cc1-c1cn(C)c(=O)c2ccc(C(C=N)C=NC)cc12. The molecule has 1 heterocycles. The van der Waals surface area contributed by atoms with Crippen LogP contribution in [-0.2, 0) is 7.05 Å². The first-order valence-electron chi connectivity index (χ1n) is 10.7. The van der Waals surface area contributed by atoms with E-state index >= 15 is 0 Å². The summed E-state index contributed by atoms with van der Waals surface area (Å²) in [4.78, 5) is 17.0. The smallest absolute Gasteiger partial charge is 0.258 e. The van der Waals surface area contributed by atoms with Crippen molar-refractivity contribution in [2.24, 2.45) is 12.0 Å². The Morgan fingerprint density at radius 2 is 1.94 bits per heavy atom. The number of hydrogen-bond donors (Lipinski definition) is 1. The van der Waals surface area contributed by atoms with Gasteiger partial charge in [-0.15, -0.1) is 0 Å². The Hall–Kier alpha value is -2.99. The van der Waals surface area contributed by atoms with Crippen LogP contribution in [0.2, 0.25) is 13.1 Å². The van der Waals surface area contributed by atoms with Crippen LogP contribution in [-0.4, -0.2) is 39.4 Å². The van der Waals surface area contributed by atoms with Crippen LogP contribution in [0.1, 0.15) is 24.8 Å².